The highest BCUT2D eigenvalue weighted by molar-refractivity contribution is 5.76. The number of aromatic nitrogens is 1. The van der Waals surface area contributed by atoms with E-state index in [0.29, 0.717) is 6.42 Å². The molecule has 1 aromatic rings. The first-order valence-corrected chi connectivity index (χ1v) is 6.44. The molecule has 1 heterocycles. The van der Waals surface area contributed by atoms with Gasteiger partial charge in [-0.1, -0.05) is 0 Å². The Balaban J connectivity index is 2.18. The molecule has 0 aliphatic heterocycles. The lowest BCUT2D eigenvalue weighted by Gasteiger charge is -2.16. The fourth-order valence-electron chi connectivity index (χ4n) is 1.67. The smallest absolute Gasteiger partial charge is 0.221 e. The molecule has 1 N–H and O–H groups in total. The molecule has 0 unspecified atom stereocenters. The summed E-state index contributed by atoms with van der Waals surface area (Å²) in [7, 11) is 2.05. The Morgan fingerprint density at radius 3 is 2.61 bits per heavy atom. The van der Waals surface area contributed by atoms with Gasteiger partial charge in [-0.2, -0.15) is 0 Å². The monoisotopic (exact) mass is 249 g/mol. The van der Waals surface area contributed by atoms with Crippen molar-refractivity contribution in [1.82, 2.24) is 15.2 Å². The Labute approximate surface area is 109 Å². The molecule has 0 saturated carbocycles. The molecular formula is C14H23N3O. The van der Waals surface area contributed by atoms with E-state index in [9.17, 15) is 4.79 Å². The molecule has 0 aliphatic rings. The van der Waals surface area contributed by atoms with Crippen molar-refractivity contribution in [3.8, 4) is 0 Å². The molecule has 1 rings (SSSR count). The van der Waals surface area contributed by atoms with Crippen LogP contribution in [0.15, 0.2) is 24.5 Å². The third kappa shape index (κ3) is 6.35. The van der Waals surface area contributed by atoms with E-state index in [2.05, 4.69) is 15.2 Å². The second-order valence-electron chi connectivity index (χ2n) is 4.88. The number of carbonyl (C=O) groups excluding carboxylic acids is 1. The molecular weight excluding hydrogens is 226 g/mol. The van der Waals surface area contributed by atoms with Crippen LogP contribution in [-0.4, -0.2) is 42.0 Å². The van der Waals surface area contributed by atoms with Gasteiger partial charge >= 0.3 is 0 Å². The lowest BCUT2D eigenvalue weighted by Crippen LogP contribution is -2.33. The van der Waals surface area contributed by atoms with E-state index in [1.54, 1.807) is 0 Å². The first kappa shape index (κ1) is 14.6. The van der Waals surface area contributed by atoms with Crippen LogP contribution in [0.25, 0.3) is 0 Å². The first-order chi connectivity index (χ1) is 8.58. The highest BCUT2D eigenvalue weighted by atomic mass is 16.1. The van der Waals surface area contributed by atoms with Gasteiger partial charge in [0.05, 0.1) is 0 Å². The lowest BCUT2D eigenvalue weighted by atomic mass is 10.2. The zero-order chi connectivity index (χ0) is 13.4. The Bertz CT molecular complexity index is 351. The van der Waals surface area contributed by atoms with E-state index in [0.717, 1.165) is 19.5 Å². The molecule has 0 radical (unpaired) electrons. The Morgan fingerprint density at radius 2 is 2.00 bits per heavy atom. The molecule has 4 nitrogen and oxygen atoms in total. The Kier molecular flexibility index (Phi) is 6.36. The number of pyridine rings is 1. The summed E-state index contributed by atoms with van der Waals surface area (Å²) in [4.78, 5) is 17.7. The van der Waals surface area contributed by atoms with Crippen molar-refractivity contribution in [3.63, 3.8) is 0 Å². The average Bonchev–Trinajstić information content (AvgIpc) is 2.34. The van der Waals surface area contributed by atoms with Crippen LogP contribution in [0.1, 0.15) is 25.8 Å². The zero-order valence-electron chi connectivity index (χ0n) is 11.5. The van der Waals surface area contributed by atoms with Gasteiger partial charge in [0.15, 0.2) is 0 Å². The van der Waals surface area contributed by atoms with Crippen LogP contribution in [0, 0.1) is 0 Å². The summed E-state index contributed by atoms with van der Waals surface area (Å²) in [5.74, 6) is 0.126. The molecule has 0 saturated heterocycles. The molecule has 0 spiro atoms. The van der Waals surface area contributed by atoms with Crippen LogP contribution in [0.5, 0.6) is 0 Å². The van der Waals surface area contributed by atoms with Crippen LogP contribution >= 0.6 is 0 Å². The van der Waals surface area contributed by atoms with Gasteiger partial charge in [-0.3, -0.25) is 9.78 Å². The number of hydrogen-bond donors (Lipinski definition) is 1. The first-order valence-electron chi connectivity index (χ1n) is 6.44. The van der Waals surface area contributed by atoms with Gasteiger partial charge in [-0.25, -0.2) is 0 Å². The maximum absolute atomic E-state index is 11.5. The van der Waals surface area contributed by atoms with E-state index in [4.69, 9.17) is 0 Å². The van der Waals surface area contributed by atoms with Gasteiger partial charge in [0, 0.05) is 37.9 Å². The fourth-order valence-corrected chi connectivity index (χ4v) is 1.67. The summed E-state index contributed by atoms with van der Waals surface area (Å²) < 4.78 is 0. The van der Waals surface area contributed by atoms with E-state index in [1.165, 1.54) is 5.56 Å². The largest absolute Gasteiger partial charge is 0.354 e. The van der Waals surface area contributed by atoms with Gasteiger partial charge in [-0.05, 0) is 45.0 Å². The van der Waals surface area contributed by atoms with E-state index >= 15 is 0 Å². The van der Waals surface area contributed by atoms with Crippen LogP contribution in [-0.2, 0) is 11.2 Å². The van der Waals surface area contributed by atoms with E-state index < -0.39 is 0 Å². The second kappa shape index (κ2) is 7.82. The summed E-state index contributed by atoms with van der Waals surface area (Å²) in [5.41, 5.74) is 1.28. The van der Waals surface area contributed by atoms with Crippen LogP contribution in [0.2, 0.25) is 0 Å². The molecule has 100 valence electrons. The quantitative estimate of drug-likeness (QED) is 0.796. The number of likely N-dealkylation sites (N-methyl/N-ethyl adjacent to an activating group) is 1. The summed E-state index contributed by atoms with van der Waals surface area (Å²) >= 11 is 0. The minimum Gasteiger partial charge on any atom is -0.354 e. The van der Waals surface area contributed by atoms with Gasteiger partial charge < -0.3 is 10.2 Å². The number of rotatable bonds is 7. The van der Waals surface area contributed by atoms with Crippen molar-refractivity contribution in [3.05, 3.63) is 30.1 Å². The van der Waals surface area contributed by atoms with Gasteiger partial charge in [0.25, 0.3) is 0 Å². The summed E-state index contributed by atoms with van der Waals surface area (Å²) in [5, 5.41) is 2.90. The highest BCUT2D eigenvalue weighted by Gasteiger charge is 2.05. The van der Waals surface area contributed by atoms with E-state index in [-0.39, 0.29) is 11.9 Å². The molecule has 0 aromatic carbocycles. The van der Waals surface area contributed by atoms with Crippen molar-refractivity contribution in [2.24, 2.45) is 0 Å². The maximum Gasteiger partial charge on any atom is 0.221 e. The lowest BCUT2D eigenvalue weighted by molar-refractivity contribution is -0.121. The number of nitrogens with one attached hydrogen (secondary N) is 1. The standard InChI is InChI=1S/C14H23N3O/c1-12(2)16-14(18)7-11-17(3)10-6-13-4-8-15-9-5-13/h4-5,8-9,12H,6-7,10-11H2,1-3H3,(H,16,18). The molecule has 18 heavy (non-hydrogen) atoms. The Hall–Kier alpha value is -1.42. The molecule has 1 aromatic heterocycles. The zero-order valence-corrected chi connectivity index (χ0v) is 11.5. The van der Waals surface area contributed by atoms with Crippen LogP contribution in [0.4, 0.5) is 0 Å². The number of hydrogen-bond acceptors (Lipinski definition) is 3. The maximum atomic E-state index is 11.5. The molecule has 1 amide bonds. The van der Waals surface area contributed by atoms with Crippen LogP contribution in [0.3, 0.4) is 0 Å². The SMILES string of the molecule is CC(C)NC(=O)CCN(C)CCc1ccncc1. The van der Waals surface area contributed by atoms with Crippen LogP contribution < -0.4 is 5.32 Å². The Morgan fingerprint density at radius 1 is 1.33 bits per heavy atom. The number of amides is 1. The molecule has 4 heteroatoms. The van der Waals surface area contributed by atoms with Crippen molar-refractivity contribution in [2.45, 2.75) is 32.7 Å². The summed E-state index contributed by atoms with van der Waals surface area (Å²) in [6, 6.07) is 4.28. The van der Waals surface area contributed by atoms with Gasteiger partial charge in [-0.15, -0.1) is 0 Å². The predicted octanol–water partition coefficient (Wildman–Crippen LogP) is 1.47. The third-order valence-electron chi connectivity index (χ3n) is 2.70. The highest BCUT2D eigenvalue weighted by Crippen LogP contribution is 1.99. The second-order valence-corrected chi connectivity index (χ2v) is 4.88. The molecule has 0 bridgehead atoms. The van der Waals surface area contributed by atoms with Crippen molar-refractivity contribution < 1.29 is 4.79 Å². The number of nitrogens with zero attached hydrogens (tertiary/aromatic N) is 2. The van der Waals surface area contributed by atoms with Crippen molar-refractivity contribution >= 4 is 5.91 Å². The predicted molar refractivity (Wildman–Crippen MR) is 73.3 cm³/mol. The van der Waals surface area contributed by atoms with E-state index in [1.807, 2.05) is 45.4 Å². The number of carbonyl (C=O) groups is 1. The van der Waals surface area contributed by atoms with Crippen molar-refractivity contribution in [1.29, 1.82) is 0 Å². The average molecular weight is 249 g/mol. The molecule has 0 aliphatic carbocycles. The molecule has 0 fully saturated rings. The van der Waals surface area contributed by atoms with Gasteiger partial charge in [0.1, 0.15) is 0 Å². The minimum absolute atomic E-state index is 0.126. The van der Waals surface area contributed by atoms with Crippen molar-refractivity contribution in [2.75, 3.05) is 20.1 Å². The minimum atomic E-state index is 0.126. The van der Waals surface area contributed by atoms with Gasteiger partial charge in [0.2, 0.25) is 5.91 Å². The third-order valence-corrected chi connectivity index (χ3v) is 2.70. The fraction of sp³-hybridized carbons (Fsp3) is 0.571. The topological polar surface area (TPSA) is 45.2 Å². The summed E-state index contributed by atoms with van der Waals surface area (Å²) in [6.45, 7) is 5.71. The molecule has 0 atom stereocenters. The normalized spacial score (nSPS) is 10.9. The summed E-state index contributed by atoms with van der Waals surface area (Å²) in [6.07, 6.45) is 5.17.